The number of anilines is 1. The third-order valence-corrected chi connectivity index (χ3v) is 6.29. The Morgan fingerprint density at radius 1 is 1.11 bits per heavy atom. The Morgan fingerprint density at radius 2 is 1.82 bits per heavy atom. The maximum absolute atomic E-state index is 13.6. The number of hydrogen-bond acceptors (Lipinski definition) is 3. The van der Waals surface area contributed by atoms with Crippen LogP contribution in [0.4, 0.5) is 14.5 Å². The molecule has 3 heterocycles. The Morgan fingerprint density at radius 3 is 2.57 bits per heavy atom. The lowest BCUT2D eigenvalue weighted by Gasteiger charge is -2.43. The summed E-state index contributed by atoms with van der Waals surface area (Å²) in [4.78, 5) is 17.0. The Balaban J connectivity index is 1.41. The van der Waals surface area contributed by atoms with Gasteiger partial charge in [0.05, 0.1) is 22.9 Å². The zero-order valence-electron chi connectivity index (χ0n) is 15.1. The fourth-order valence-electron chi connectivity index (χ4n) is 4.72. The number of piperazine rings is 1. The molecule has 0 aliphatic carbocycles. The van der Waals surface area contributed by atoms with Crippen LogP contribution in [0.15, 0.2) is 30.3 Å². The maximum Gasteiger partial charge on any atom is 0.255 e. The second-order valence-corrected chi connectivity index (χ2v) is 8.02. The van der Waals surface area contributed by atoms with E-state index in [1.54, 1.807) is 4.90 Å². The molecule has 3 aliphatic heterocycles. The van der Waals surface area contributed by atoms with Crippen molar-refractivity contribution in [2.24, 2.45) is 0 Å². The molecule has 3 aliphatic rings. The van der Waals surface area contributed by atoms with E-state index in [1.165, 1.54) is 5.56 Å². The molecule has 0 spiro atoms. The molecule has 0 radical (unpaired) electrons. The predicted molar refractivity (Wildman–Crippen MR) is 102 cm³/mol. The summed E-state index contributed by atoms with van der Waals surface area (Å²) in [5, 5.41) is -0.0621. The molecule has 5 rings (SSSR count). The largest absolute Gasteiger partial charge is 0.491 e. The number of likely N-dealkylation sites (tertiary alicyclic amines) is 1. The smallest absolute Gasteiger partial charge is 0.255 e. The first-order valence-corrected chi connectivity index (χ1v) is 9.87. The molecule has 2 aromatic carbocycles. The third kappa shape index (κ3) is 2.73. The van der Waals surface area contributed by atoms with Gasteiger partial charge in [-0.15, -0.1) is 0 Å². The van der Waals surface area contributed by atoms with Crippen molar-refractivity contribution in [3.8, 4) is 5.75 Å². The Labute approximate surface area is 166 Å². The van der Waals surface area contributed by atoms with Crippen molar-refractivity contribution in [3.05, 3.63) is 58.1 Å². The minimum atomic E-state index is -1.06. The summed E-state index contributed by atoms with van der Waals surface area (Å²) in [6.45, 7) is 1.75. The predicted octanol–water partition coefficient (Wildman–Crippen LogP) is 4.05. The topological polar surface area (TPSA) is 32.8 Å². The molecular formula is C21H19ClF2N2O2. The van der Waals surface area contributed by atoms with Gasteiger partial charge in [0, 0.05) is 31.6 Å². The van der Waals surface area contributed by atoms with Crippen LogP contribution in [0.1, 0.15) is 28.8 Å². The van der Waals surface area contributed by atoms with Crippen molar-refractivity contribution < 1.29 is 18.3 Å². The highest BCUT2D eigenvalue weighted by Crippen LogP contribution is 2.43. The van der Waals surface area contributed by atoms with E-state index in [4.69, 9.17) is 16.3 Å². The number of amides is 1. The van der Waals surface area contributed by atoms with Gasteiger partial charge in [0.25, 0.3) is 5.91 Å². The summed E-state index contributed by atoms with van der Waals surface area (Å²) in [6.07, 6.45) is 2.87. The monoisotopic (exact) mass is 404 g/mol. The molecule has 2 bridgehead atoms. The quantitative estimate of drug-likeness (QED) is 0.708. The summed E-state index contributed by atoms with van der Waals surface area (Å²) in [5.41, 5.74) is 2.33. The Bertz CT molecular complexity index is 954. The van der Waals surface area contributed by atoms with Gasteiger partial charge in [-0.05, 0) is 36.6 Å². The molecule has 146 valence electrons. The standard InChI is InChI=1S/C21H19ClF2N2O2/c22-16-9-18(24)17(23)8-15(16)21(27)25-10-13-4-5-14(11-25)26(13)19-3-1-2-12-6-7-28-20(12)19/h1-3,8-9,13-14H,4-7,10-11H2. The van der Waals surface area contributed by atoms with Gasteiger partial charge in [-0.1, -0.05) is 23.7 Å². The molecule has 0 aromatic heterocycles. The molecule has 2 aromatic rings. The number of hydrogen-bond donors (Lipinski definition) is 0. The Hall–Kier alpha value is -2.34. The lowest BCUT2D eigenvalue weighted by molar-refractivity contribution is 0.0717. The van der Waals surface area contributed by atoms with Crippen LogP contribution in [-0.2, 0) is 6.42 Å². The van der Waals surface area contributed by atoms with Crippen molar-refractivity contribution in [3.63, 3.8) is 0 Å². The number of benzene rings is 2. The fourth-order valence-corrected chi connectivity index (χ4v) is 4.95. The van der Waals surface area contributed by atoms with E-state index in [1.807, 2.05) is 0 Å². The summed E-state index contributed by atoms with van der Waals surface area (Å²) in [7, 11) is 0. The minimum absolute atomic E-state index is 0.0114. The second kappa shape index (κ2) is 6.62. The highest BCUT2D eigenvalue weighted by Gasteiger charge is 2.43. The van der Waals surface area contributed by atoms with Gasteiger partial charge in [0.15, 0.2) is 11.6 Å². The number of rotatable bonds is 2. The summed E-state index contributed by atoms with van der Waals surface area (Å²) in [6, 6.07) is 8.33. The van der Waals surface area contributed by atoms with Gasteiger partial charge in [-0.3, -0.25) is 4.79 Å². The first-order valence-electron chi connectivity index (χ1n) is 9.50. The molecule has 1 amide bonds. The van der Waals surface area contributed by atoms with Crippen LogP contribution in [-0.4, -0.2) is 42.6 Å². The van der Waals surface area contributed by atoms with E-state index in [-0.39, 0.29) is 28.6 Å². The summed E-state index contributed by atoms with van der Waals surface area (Å²) >= 11 is 6.01. The van der Waals surface area contributed by atoms with Crippen LogP contribution >= 0.6 is 11.6 Å². The number of fused-ring (bicyclic) bond motifs is 3. The Kier molecular flexibility index (Phi) is 4.19. The molecule has 7 heteroatoms. The van der Waals surface area contributed by atoms with Gasteiger partial charge in [-0.2, -0.15) is 0 Å². The second-order valence-electron chi connectivity index (χ2n) is 7.61. The average molecular weight is 405 g/mol. The lowest BCUT2D eigenvalue weighted by atomic mass is 10.1. The first kappa shape index (κ1) is 17.7. The van der Waals surface area contributed by atoms with E-state index in [9.17, 15) is 13.6 Å². The van der Waals surface area contributed by atoms with Gasteiger partial charge in [-0.25, -0.2) is 8.78 Å². The molecule has 2 fully saturated rings. The van der Waals surface area contributed by atoms with Crippen LogP contribution in [0, 0.1) is 11.6 Å². The van der Waals surface area contributed by atoms with Crippen molar-refractivity contribution in [1.29, 1.82) is 0 Å². The van der Waals surface area contributed by atoms with Crippen molar-refractivity contribution in [2.45, 2.75) is 31.3 Å². The third-order valence-electron chi connectivity index (χ3n) is 5.98. The highest BCUT2D eigenvalue weighted by molar-refractivity contribution is 6.33. The highest BCUT2D eigenvalue weighted by atomic mass is 35.5. The molecular weight excluding hydrogens is 386 g/mol. The molecule has 0 saturated carbocycles. The van der Waals surface area contributed by atoms with E-state index >= 15 is 0 Å². The lowest BCUT2D eigenvalue weighted by Crippen LogP contribution is -2.55. The van der Waals surface area contributed by atoms with Crippen LogP contribution in [0.3, 0.4) is 0 Å². The SMILES string of the molecule is O=C(c1cc(F)c(F)cc1Cl)N1CC2CCC(C1)N2c1cccc2c1OCC2. The van der Waals surface area contributed by atoms with Gasteiger partial charge in [0.2, 0.25) is 0 Å². The minimum Gasteiger partial charge on any atom is -0.491 e. The summed E-state index contributed by atoms with van der Waals surface area (Å²) in [5.74, 6) is -1.51. The van der Waals surface area contributed by atoms with Crippen LogP contribution in [0.5, 0.6) is 5.75 Å². The number of nitrogens with zero attached hydrogens (tertiary/aromatic N) is 2. The molecule has 0 N–H and O–H groups in total. The van der Waals surface area contributed by atoms with Gasteiger partial charge < -0.3 is 14.5 Å². The van der Waals surface area contributed by atoms with Crippen LogP contribution < -0.4 is 9.64 Å². The van der Waals surface area contributed by atoms with Crippen molar-refractivity contribution in [1.82, 2.24) is 4.90 Å². The number of halogens is 3. The summed E-state index contributed by atoms with van der Waals surface area (Å²) < 4.78 is 32.9. The maximum atomic E-state index is 13.6. The van der Waals surface area contributed by atoms with Crippen molar-refractivity contribution >= 4 is 23.2 Å². The zero-order valence-corrected chi connectivity index (χ0v) is 15.9. The number of ether oxygens (including phenoxy) is 1. The van der Waals surface area contributed by atoms with E-state index in [0.29, 0.717) is 19.7 Å². The fraction of sp³-hybridized carbons (Fsp3) is 0.381. The van der Waals surface area contributed by atoms with E-state index in [2.05, 4.69) is 23.1 Å². The van der Waals surface area contributed by atoms with E-state index in [0.717, 1.165) is 42.8 Å². The normalized spacial score (nSPS) is 23.0. The molecule has 28 heavy (non-hydrogen) atoms. The molecule has 4 nitrogen and oxygen atoms in total. The molecule has 2 saturated heterocycles. The van der Waals surface area contributed by atoms with Gasteiger partial charge >= 0.3 is 0 Å². The number of carbonyl (C=O) groups excluding carboxylic acids is 1. The number of carbonyl (C=O) groups is 1. The van der Waals surface area contributed by atoms with E-state index < -0.39 is 11.6 Å². The van der Waals surface area contributed by atoms with Gasteiger partial charge in [0.1, 0.15) is 5.75 Å². The van der Waals surface area contributed by atoms with Crippen molar-refractivity contribution in [2.75, 3.05) is 24.6 Å². The average Bonchev–Trinajstić information content (AvgIpc) is 3.26. The zero-order chi connectivity index (χ0) is 19.4. The first-order chi connectivity index (χ1) is 13.5. The van der Waals surface area contributed by atoms with Crippen LogP contribution in [0.25, 0.3) is 0 Å². The molecule has 2 atom stereocenters. The van der Waals surface area contributed by atoms with Crippen LogP contribution in [0.2, 0.25) is 5.02 Å². The molecule has 2 unspecified atom stereocenters. The number of para-hydroxylation sites is 1.